The number of nitrogens with one attached hydrogen (secondary N) is 1. The first-order valence-corrected chi connectivity index (χ1v) is 9.55. The van der Waals surface area contributed by atoms with Crippen molar-refractivity contribution < 1.29 is 14.6 Å². The second-order valence-corrected chi connectivity index (χ2v) is 6.90. The monoisotopic (exact) mass is 400 g/mol. The molecule has 2 N–H and O–H groups in total. The van der Waals surface area contributed by atoms with E-state index < -0.39 is 0 Å². The number of aromatic nitrogens is 1. The molecule has 0 bridgehead atoms. The molecule has 2 heterocycles. The first-order chi connectivity index (χ1) is 14.6. The summed E-state index contributed by atoms with van der Waals surface area (Å²) in [5.74, 6) is 0.0419. The van der Waals surface area contributed by atoms with Crippen LogP contribution in [-0.2, 0) is 13.0 Å². The fraction of sp³-hybridized carbons (Fsp3) is 0.174. The summed E-state index contributed by atoms with van der Waals surface area (Å²) in [5.41, 5.74) is 3.35. The normalized spacial score (nSPS) is 12.5. The van der Waals surface area contributed by atoms with Crippen LogP contribution in [0.1, 0.15) is 33.7 Å². The van der Waals surface area contributed by atoms with Crippen LogP contribution in [0.5, 0.6) is 11.5 Å². The molecule has 0 aliphatic carbocycles. The molecule has 30 heavy (non-hydrogen) atoms. The molecule has 1 amide bonds. The van der Waals surface area contributed by atoms with Gasteiger partial charge in [0.2, 0.25) is 0 Å². The van der Waals surface area contributed by atoms with Crippen molar-refractivity contribution in [1.82, 2.24) is 4.57 Å². The maximum absolute atomic E-state index is 13.1. The molecule has 1 aliphatic rings. The summed E-state index contributed by atoms with van der Waals surface area (Å²) in [6, 6.07) is 16.2. The van der Waals surface area contributed by atoms with Crippen LogP contribution in [0.15, 0.2) is 53.5 Å². The van der Waals surface area contributed by atoms with Crippen molar-refractivity contribution in [2.45, 2.75) is 19.4 Å². The molecule has 0 radical (unpaired) electrons. The van der Waals surface area contributed by atoms with Gasteiger partial charge in [-0.3, -0.25) is 9.79 Å². The third-order valence-corrected chi connectivity index (χ3v) is 5.05. The number of hydrogen-bond donors (Lipinski definition) is 2. The van der Waals surface area contributed by atoms with Crippen LogP contribution in [0.4, 0.5) is 11.4 Å². The van der Waals surface area contributed by atoms with Crippen molar-refractivity contribution in [3.05, 3.63) is 71.0 Å². The number of anilines is 1. The summed E-state index contributed by atoms with van der Waals surface area (Å²) in [5, 5.41) is 22.4. The predicted octanol–water partition coefficient (Wildman–Crippen LogP) is 4.02. The maximum Gasteiger partial charge on any atom is 0.274 e. The van der Waals surface area contributed by atoms with Crippen LogP contribution in [0.25, 0.3) is 0 Å². The number of carbonyl (C=O) groups is 1. The molecular weight excluding hydrogens is 380 g/mol. The van der Waals surface area contributed by atoms with Gasteiger partial charge in [-0.1, -0.05) is 18.2 Å². The summed E-state index contributed by atoms with van der Waals surface area (Å²) in [4.78, 5) is 17.6. The number of rotatable bonds is 5. The van der Waals surface area contributed by atoms with E-state index in [4.69, 9.17) is 4.74 Å². The number of aliphatic imine (C=N–C) groups is 1. The van der Waals surface area contributed by atoms with Crippen molar-refractivity contribution in [3.8, 4) is 17.6 Å². The molecule has 7 nitrogen and oxygen atoms in total. The summed E-state index contributed by atoms with van der Waals surface area (Å²) in [6.45, 7) is 0.671. The Bertz CT molecular complexity index is 1170. The lowest BCUT2D eigenvalue weighted by Gasteiger charge is -2.09. The zero-order chi connectivity index (χ0) is 21.1. The molecule has 4 rings (SSSR count). The van der Waals surface area contributed by atoms with E-state index in [1.165, 1.54) is 13.2 Å². The van der Waals surface area contributed by atoms with Crippen LogP contribution in [0.2, 0.25) is 0 Å². The first kappa shape index (κ1) is 19.3. The van der Waals surface area contributed by atoms with Gasteiger partial charge in [0.15, 0.2) is 11.5 Å². The molecule has 0 saturated heterocycles. The topological polar surface area (TPSA) is 99.6 Å². The van der Waals surface area contributed by atoms with Gasteiger partial charge in [0.25, 0.3) is 5.91 Å². The van der Waals surface area contributed by atoms with E-state index in [1.54, 1.807) is 18.3 Å². The number of amides is 1. The van der Waals surface area contributed by atoms with Gasteiger partial charge in [0.1, 0.15) is 17.5 Å². The molecule has 1 aliphatic heterocycles. The number of para-hydroxylation sites is 1. The van der Waals surface area contributed by atoms with Gasteiger partial charge >= 0.3 is 0 Å². The van der Waals surface area contributed by atoms with Crippen molar-refractivity contribution in [2.24, 2.45) is 4.99 Å². The van der Waals surface area contributed by atoms with E-state index in [9.17, 15) is 15.2 Å². The Kier molecular flexibility index (Phi) is 5.22. The lowest BCUT2D eigenvalue weighted by Crippen LogP contribution is -2.16. The number of aromatic hydroxyl groups is 1. The first-order valence-electron chi connectivity index (χ1n) is 9.55. The minimum absolute atomic E-state index is 0.0261. The number of methoxy groups -OCH3 is 1. The second kappa shape index (κ2) is 8.13. The lowest BCUT2D eigenvalue weighted by molar-refractivity contribution is 0.101. The Labute approximate surface area is 173 Å². The van der Waals surface area contributed by atoms with Gasteiger partial charge in [0.05, 0.1) is 12.7 Å². The van der Waals surface area contributed by atoms with Crippen LogP contribution >= 0.6 is 0 Å². The van der Waals surface area contributed by atoms with Crippen LogP contribution in [0.3, 0.4) is 0 Å². The number of carbonyl (C=O) groups excluding carboxylic acids is 1. The highest BCUT2D eigenvalue weighted by molar-refractivity contribution is 6.08. The molecule has 1 aromatic heterocycles. The third-order valence-electron chi connectivity index (χ3n) is 5.05. The van der Waals surface area contributed by atoms with Crippen LogP contribution in [0, 0.1) is 11.3 Å². The highest BCUT2D eigenvalue weighted by Crippen LogP contribution is 2.35. The molecule has 0 unspecified atom stereocenters. The van der Waals surface area contributed by atoms with Gasteiger partial charge in [-0.2, -0.15) is 5.26 Å². The minimum Gasteiger partial charge on any atom is -0.504 e. The average Bonchev–Trinajstić information content (AvgIpc) is 3.33. The van der Waals surface area contributed by atoms with Crippen molar-refractivity contribution >= 4 is 23.5 Å². The SMILES string of the molecule is COc1cc(C=Nc2c(C#N)c3n(c2C(=O)Nc2ccccc2)CCC3)ccc1O. The van der Waals surface area contributed by atoms with Gasteiger partial charge in [-0.05, 0) is 48.7 Å². The van der Waals surface area contributed by atoms with Crippen molar-refractivity contribution in [2.75, 3.05) is 12.4 Å². The zero-order valence-electron chi connectivity index (χ0n) is 16.4. The Morgan fingerprint density at radius 2 is 2.10 bits per heavy atom. The van der Waals surface area contributed by atoms with E-state index in [0.717, 1.165) is 18.5 Å². The molecule has 3 aromatic rings. The molecular formula is C23H20N4O3. The number of hydrogen-bond acceptors (Lipinski definition) is 5. The highest BCUT2D eigenvalue weighted by Gasteiger charge is 2.29. The zero-order valence-corrected chi connectivity index (χ0v) is 16.4. The summed E-state index contributed by atoms with van der Waals surface area (Å²) < 4.78 is 7.02. The Balaban J connectivity index is 1.75. The molecule has 0 fully saturated rings. The Morgan fingerprint density at radius 3 is 2.83 bits per heavy atom. The largest absolute Gasteiger partial charge is 0.504 e. The number of ether oxygens (including phenoxy) is 1. The van der Waals surface area contributed by atoms with Crippen molar-refractivity contribution in [3.63, 3.8) is 0 Å². The average molecular weight is 400 g/mol. The van der Waals surface area contributed by atoms with Gasteiger partial charge in [-0.15, -0.1) is 0 Å². The van der Waals surface area contributed by atoms with Crippen LogP contribution < -0.4 is 10.1 Å². The van der Waals surface area contributed by atoms with Gasteiger partial charge in [-0.25, -0.2) is 0 Å². The second-order valence-electron chi connectivity index (χ2n) is 6.90. The fourth-order valence-electron chi connectivity index (χ4n) is 3.66. The quantitative estimate of drug-likeness (QED) is 0.632. The highest BCUT2D eigenvalue weighted by atomic mass is 16.5. The van der Waals surface area contributed by atoms with E-state index in [0.29, 0.717) is 40.5 Å². The standard InChI is InChI=1S/C23H20N4O3/c1-30-20-12-15(9-10-19(20)28)14-25-21-17(13-24)18-8-5-11-27(18)22(21)23(29)26-16-6-3-2-4-7-16/h2-4,6-7,9-10,12,14,28H,5,8,11H2,1H3,(H,26,29). The molecule has 2 aromatic carbocycles. The number of benzene rings is 2. The number of fused-ring (bicyclic) bond motifs is 1. The number of phenols is 1. The van der Waals surface area contributed by atoms with Crippen LogP contribution in [-0.4, -0.2) is 28.9 Å². The fourth-order valence-corrected chi connectivity index (χ4v) is 3.66. The summed E-state index contributed by atoms with van der Waals surface area (Å²) >= 11 is 0. The molecule has 0 atom stereocenters. The minimum atomic E-state index is -0.304. The Hall–Kier alpha value is -4.05. The van der Waals surface area contributed by atoms with Gasteiger partial charge < -0.3 is 19.7 Å². The predicted molar refractivity (Wildman–Crippen MR) is 114 cm³/mol. The van der Waals surface area contributed by atoms with Gasteiger partial charge in [0, 0.05) is 24.1 Å². The maximum atomic E-state index is 13.1. The van der Waals surface area contributed by atoms with E-state index in [2.05, 4.69) is 16.4 Å². The number of nitrogens with zero attached hydrogens (tertiary/aromatic N) is 3. The molecule has 0 saturated carbocycles. The van der Waals surface area contributed by atoms with E-state index in [-0.39, 0.29) is 11.7 Å². The Morgan fingerprint density at radius 1 is 1.30 bits per heavy atom. The van der Waals surface area contributed by atoms with E-state index >= 15 is 0 Å². The third kappa shape index (κ3) is 3.51. The molecule has 7 heteroatoms. The van der Waals surface area contributed by atoms with Crippen molar-refractivity contribution in [1.29, 1.82) is 5.26 Å². The van der Waals surface area contributed by atoms with E-state index in [1.807, 2.05) is 34.9 Å². The number of phenolic OH excluding ortho intramolecular Hbond substituents is 1. The number of nitriles is 1. The summed E-state index contributed by atoms with van der Waals surface area (Å²) in [6.07, 6.45) is 3.18. The molecule has 0 spiro atoms. The summed E-state index contributed by atoms with van der Waals surface area (Å²) in [7, 11) is 1.47. The lowest BCUT2D eigenvalue weighted by atomic mass is 10.1. The molecule has 150 valence electrons. The smallest absolute Gasteiger partial charge is 0.274 e.